The summed E-state index contributed by atoms with van der Waals surface area (Å²) in [6.07, 6.45) is -1.01. The van der Waals surface area contributed by atoms with E-state index in [9.17, 15) is 18.4 Å². The molecule has 0 heterocycles. The second-order valence-electron chi connectivity index (χ2n) is 5.35. The lowest BCUT2D eigenvalue weighted by atomic mass is 10.2. The molecule has 4 nitrogen and oxygen atoms in total. The lowest BCUT2D eigenvalue weighted by Gasteiger charge is -2.14. The third-order valence-electron chi connectivity index (χ3n) is 3.20. The first-order valence-corrected chi connectivity index (χ1v) is 8.48. The molecule has 0 saturated heterocycles. The first-order chi connectivity index (χ1) is 11.8. The maximum absolute atomic E-state index is 13.5. The Morgan fingerprint density at radius 1 is 1.20 bits per heavy atom. The number of benzene rings is 2. The Morgan fingerprint density at radius 2 is 1.96 bits per heavy atom. The number of amides is 1. The Balaban J connectivity index is 1.84. The predicted octanol–water partition coefficient (Wildman–Crippen LogP) is 3.94. The zero-order chi connectivity index (χ0) is 18.4. The fraction of sp³-hybridized carbons (Fsp3) is 0.222. The van der Waals surface area contributed by atoms with Crippen LogP contribution in [0, 0.1) is 18.6 Å². The van der Waals surface area contributed by atoms with Crippen LogP contribution in [0.15, 0.2) is 47.4 Å². The Morgan fingerprint density at radius 3 is 2.68 bits per heavy atom. The summed E-state index contributed by atoms with van der Waals surface area (Å²) >= 11 is 0.808. The number of aryl methyl sites for hydroxylation is 1. The summed E-state index contributed by atoms with van der Waals surface area (Å²) in [5, 5.41) is 2.65. The van der Waals surface area contributed by atoms with Crippen molar-refractivity contribution in [2.24, 2.45) is 0 Å². The Bertz CT molecular complexity index is 783. The van der Waals surface area contributed by atoms with E-state index in [1.165, 1.54) is 6.92 Å². The van der Waals surface area contributed by atoms with Crippen LogP contribution in [0.4, 0.5) is 14.5 Å². The highest BCUT2D eigenvalue weighted by molar-refractivity contribution is 8.00. The van der Waals surface area contributed by atoms with Crippen molar-refractivity contribution in [1.29, 1.82) is 0 Å². The molecule has 2 rings (SSSR count). The average molecular weight is 365 g/mol. The Labute approximate surface area is 148 Å². The molecule has 0 unspecified atom stereocenters. The molecule has 1 atom stereocenters. The molecule has 1 N–H and O–H groups in total. The van der Waals surface area contributed by atoms with E-state index in [1.54, 1.807) is 18.2 Å². The second-order valence-corrected chi connectivity index (χ2v) is 6.37. The van der Waals surface area contributed by atoms with E-state index in [2.05, 4.69) is 5.32 Å². The highest BCUT2D eigenvalue weighted by Gasteiger charge is 2.18. The van der Waals surface area contributed by atoms with Crippen molar-refractivity contribution in [3.8, 4) is 0 Å². The molecule has 7 heteroatoms. The van der Waals surface area contributed by atoms with Gasteiger partial charge in [-0.15, -0.1) is 11.8 Å². The molecule has 2 aromatic carbocycles. The molecule has 0 aliphatic carbocycles. The van der Waals surface area contributed by atoms with Gasteiger partial charge in [-0.25, -0.2) is 8.78 Å². The zero-order valence-electron chi connectivity index (χ0n) is 13.7. The molecule has 0 spiro atoms. The van der Waals surface area contributed by atoms with Crippen molar-refractivity contribution in [2.75, 3.05) is 11.1 Å². The topological polar surface area (TPSA) is 55.4 Å². The van der Waals surface area contributed by atoms with E-state index in [0.717, 1.165) is 35.5 Å². The Hall–Kier alpha value is -2.41. The first kappa shape index (κ1) is 18.9. The molecule has 0 fully saturated rings. The van der Waals surface area contributed by atoms with Crippen LogP contribution in [-0.2, 0) is 14.3 Å². The van der Waals surface area contributed by atoms with Crippen molar-refractivity contribution in [3.63, 3.8) is 0 Å². The number of rotatable bonds is 6. The molecule has 0 aromatic heterocycles. The fourth-order valence-corrected chi connectivity index (χ4v) is 2.72. The maximum atomic E-state index is 13.5. The SMILES string of the molecule is Cc1cccc(NC(=O)[C@H](C)OC(=O)CSc2cc(F)ccc2F)c1. The van der Waals surface area contributed by atoms with Gasteiger partial charge in [0.15, 0.2) is 6.10 Å². The normalized spacial score (nSPS) is 11.7. The van der Waals surface area contributed by atoms with Crippen LogP contribution < -0.4 is 5.32 Å². The molecule has 0 radical (unpaired) electrons. The lowest BCUT2D eigenvalue weighted by Crippen LogP contribution is -2.30. The average Bonchev–Trinajstić information content (AvgIpc) is 2.55. The van der Waals surface area contributed by atoms with Crippen LogP contribution in [0.2, 0.25) is 0 Å². The van der Waals surface area contributed by atoms with Crippen molar-refractivity contribution in [2.45, 2.75) is 24.8 Å². The van der Waals surface area contributed by atoms with Gasteiger partial charge in [-0.05, 0) is 49.7 Å². The summed E-state index contributed by atoms with van der Waals surface area (Å²) in [6.45, 7) is 3.33. The van der Waals surface area contributed by atoms with E-state index < -0.39 is 29.6 Å². The van der Waals surface area contributed by atoms with E-state index in [0.29, 0.717) is 5.69 Å². The van der Waals surface area contributed by atoms with Crippen LogP contribution in [-0.4, -0.2) is 23.7 Å². The number of hydrogen-bond acceptors (Lipinski definition) is 4. The summed E-state index contributed by atoms with van der Waals surface area (Å²) < 4.78 is 31.6. The zero-order valence-corrected chi connectivity index (χ0v) is 14.5. The molecule has 132 valence electrons. The van der Waals surface area contributed by atoms with E-state index >= 15 is 0 Å². The molecule has 0 saturated carbocycles. The number of ether oxygens (including phenoxy) is 1. The van der Waals surface area contributed by atoms with Crippen LogP contribution in [0.1, 0.15) is 12.5 Å². The van der Waals surface area contributed by atoms with Gasteiger partial charge in [-0.3, -0.25) is 9.59 Å². The maximum Gasteiger partial charge on any atom is 0.317 e. The molecular formula is C18H17F2NO3S. The summed E-state index contributed by atoms with van der Waals surface area (Å²) in [4.78, 5) is 23.8. The molecule has 0 aliphatic heterocycles. The van der Waals surface area contributed by atoms with Gasteiger partial charge in [0.2, 0.25) is 0 Å². The minimum absolute atomic E-state index is 0.00816. The molecular weight excluding hydrogens is 348 g/mol. The number of carbonyl (C=O) groups is 2. The smallest absolute Gasteiger partial charge is 0.317 e. The molecule has 0 bridgehead atoms. The predicted molar refractivity (Wildman–Crippen MR) is 92.4 cm³/mol. The van der Waals surface area contributed by atoms with Gasteiger partial charge in [-0.2, -0.15) is 0 Å². The second kappa shape index (κ2) is 8.62. The number of carbonyl (C=O) groups excluding carboxylic acids is 2. The minimum Gasteiger partial charge on any atom is -0.452 e. The third-order valence-corrected chi connectivity index (χ3v) is 4.21. The van der Waals surface area contributed by atoms with Gasteiger partial charge in [0.1, 0.15) is 11.6 Å². The monoisotopic (exact) mass is 365 g/mol. The fourth-order valence-electron chi connectivity index (χ4n) is 1.98. The standard InChI is InChI=1S/C18H17F2NO3S/c1-11-4-3-5-14(8-11)21-18(23)12(2)24-17(22)10-25-16-9-13(19)6-7-15(16)20/h3-9,12H,10H2,1-2H3,(H,21,23)/t12-/m0/s1. The van der Waals surface area contributed by atoms with Crippen molar-refractivity contribution < 1.29 is 23.1 Å². The molecule has 0 aliphatic rings. The number of anilines is 1. The van der Waals surface area contributed by atoms with Crippen LogP contribution in [0.25, 0.3) is 0 Å². The number of hydrogen-bond donors (Lipinski definition) is 1. The largest absolute Gasteiger partial charge is 0.452 e. The summed E-state index contributed by atoms with van der Waals surface area (Å²) in [7, 11) is 0. The summed E-state index contributed by atoms with van der Waals surface area (Å²) in [5.41, 5.74) is 1.58. The van der Waals surface area contributed by atoms with E-state index in [4.69, 9.17) is 4.74 Å². The van der Waals surface area contributed by atoms with Crippen molar-refractivity contribution >= 4 is 29.3 Å². The minimum atomic E-state index is -1.01. The molecule has 1 amide bonds. The summed E-state index contributed by atoms with van der Waals surface area (Å²) in [5.74, 6) is -2.61. The number of esters is 1. The van der Waals surface area contributed by atoms with E-state index in [-0.39, 0.29) is 10.6 Å². The first-order valence-electron chi connectivity index (χ1n) is 7.50. The Kier molecular flexibility index (Phi) is 6.52. The van der Waals surface area contributed by atoms with Gasteiger partial charge in [-0.1, -0.05) is 12.1 Å². The van der Waals surface area contributed by atoms with Gasteiger partial charge < -0.3 is 10.1 Å². The molecule has 2 aromatic rings. The van der Waals surface area contributed by atoms with Gasteiger partial charge >= 0.3 is 5.97 Å². The van der Waals surface area contributed by atoms with Gasteiger partial charge in [0, 0.05) is 10.6 Å². The number of nitrogens with one attached hydrogen (secondary N) is 1. The number of thioether (sulfide) groups is 1. The highest BCUT2D eigenvalue weighted by atomic mass is 32.2. The lowest BCUT2D eigenvalue weighted by molar-refractivity contribution is -0.150. The number of halogens is 2. The molecule has 25 heavy (non-hydrogen) atoms. The van der Waals surface area contributed by atoms with Crippen LogP contribution in [0.5, 0.6) is 0 Å². The van der Waals surface area contributed by atoms with Gasteiger partial charge in [0.25, 0.3) is 5.91 Å². The highest BCUT2D eigenvalue weighted by Crippen LogP contribution is 2.23. The van der Waals surface area contributed by atoms with Crippen LogP contribution >= 0.6 is 11.8 Å². The van der Waals surface area contributed by atoms with Crippen molar-refractivity contribution in [1.82, 2.24) is 0 Å². The third kappa shape index (κ3) is 5.86. The van der Waals surface area contributed by atoms with E-state index in [1.807, 2.05) is 13.0 Å². The summed E-state index contributed by atoms with van der Waals surface area (Å²) in [6, 6.07) is 10.2. The van der Waals surface area contributed by atoms with Crippen molar-refractivity contribution in [3.05, 3.63) is 59.7 Å². The van der Waals surface area contributed by atoms with Crippen LogP contribution in [0.3, 0.4) is 0 Å². The van der Waals surface area contributed by atoms with Gasteiger partial charge in [0.05, 0.1) is 5.75 Å². The quantitative estimate of drug-likeness (QED) is 0.622.